The average Bonchev–Trinajstić information content (AvgIpc) is 3.16. The van der Waals surface area contributed by atoms with Crippen molar-refractivity contribution in [3.8, 4) is 11.1 Å². The number of thioether (sulfide) groups is 1. The van der Waals surface area contributed by atoms with Gasteiger partial charge in [0.15, 0.2) is 10.5 Å². The fraction of sp³-hybridized carbons (Fsp3) is 0.188. The van der Waals surface area contributed by atoms with Crippen molar-refractivity contribution < 1.29 is 4.57 Å². The van der Waals surface area contributed by atoms with E-state index in [1.54, 1.807) is 40.7 Å². The minimum Gasteiger partial charge on any atom is -0.241 e. The number of benzene rings is 1. The van der Waals surface area contributed by atoms with Crippen LogP contribution in [0.5, 0.6) is 0 Å². The van der Waals surface area contributed by atoms with E-state index in [4.69, 9.17) is 34.8 Å². The Balaban J connectivity index is 1.93. The fourth-order valence-corrected chi connectivity index (χ4v) is 5.82. The van der Waals surface area contributed by atoms with Crippen molar-refractivity contribution in [2.75, 3.05) is 5.75 Å². The van der Waals surface area contributed by atoms with Crippen molar-refractivity contribution in [3.63, 3.8) is 0 Å². The summed E-state index contributed by atoms with van der Waals surface area (Å²) in [6.07, 6.45) is 3.56. The zero-order valence-corrected chi connectivity index (χ0v) is 16.8. The van der Waals surface area contributed by atoms with Crippen LogP contribution in [0.15, 0.2) is 40.5 Å². The molecule has 1 aromatic carbocycles. The maximum atomic E-state index is 13.2. The first-order valence-electron chi connectivity index (χ1n) is 7.29. The van der Waals surface area contributed by atoms with E-state index in [1.165, 1.54) is 11.3 Å². The maximum absolute atomic E-state index is 13.2. The molecule has 3 aromatic rings. The molecular weight excluding hydrogens is 421 g/mol. The second-order valence-corrected chi connectivity index (χ2v) is 9.12. The lowest BCUT2D eigenvalue weighted by Crippen LogP contribution is -2.40. The molecule has 0 saturated heterocycles. The monoisotopic (exact) mass is 430 g/mol. The summed E-state index contributed by atoms with van der Waals surface area (Å²) in [5.41, 5.74) is 1.18. The zero-order chi connectivity index (χ0) is 17.7. The Hall–Kier alpha value is -1.05. The minimum atomic E-state index is -0.0849. The summed E-state index contributed by atoms with van der Waals surface area (Å²) in [5.74, 6) is 0.765. The van der Waals surface area contributed by atoms with E-state index < -0.39 is 0 Å². The van der Waals surface area contributed by atoms with Gasteiger partial charge in [0.05, 0.1) is 17.7 Å². The first-order chi connectivity index (χ1) is 11.9. The van der Waals surface area contributed by atoms with Crippen molar-refractivity contribution in [2.45, 2.75) is 11.2 Å². The van der Waals surface area contributed by atoms with Crippen LogP contribution in [0.1, 0.15) is 10.9 Å². The Morgan fingerprint density at radius 2 is 1.96 bits per heavy atom. The molecule has 2 aromatic heterocycles. The van der Waals surface area contributed by atoms with Crippen LogP contribution < -0.4 is 10.1 Å². The summed E-state index contributed by atoms with van der Waals surface area (Å²) in [6, 6.07) is 5.06. The number of fused-ring (bicyclic) bond motifs is 1. The molecule has 1 atom stereocenters. The third-order valence-corrected chi connectivity index (χ3v) is 6.84. The normalized spacial score (nSPS) is 16.2. The first-order valence-corrected chi connectivity index (χ1v) is 10.2. The van der Waals surface area contributed by atoms with Crippen LogP contribution in [0, 0.1) is 0 Å². The van der Waals surface area contributed by atoms with Crippen molar-refractivity contribution in [1.29, 1.82) is 0 Å². The molecule has 0 fully saturated rings. The quantitative estimate of drug-likeness (QED) is 0.444. The molecule has 0 bridgehead atoms. The molecule has 0 spiro atoms. The van der Waals surface area contributed by atoms with E-state index in [-0.39, 0.29) is 11.6 Å². The minimum absolute atomic E-state index is 0.0778. The Morgan fingerprint density at radius 3 is 2.60 bits per heavy atom. The highest BCUT2D eigenvalue weighted by molar-refractivity contribution is 7.99. The standard InChI is InChI=1S/C16H11Cl3N3OS2/c1-21-6-11(8-2-9(17)4-10(18)3-8)14(23)22-12(7-24-16(21)22)13-5-20-15(19)25-13/h2-6,12H,7H2,1H3/q+1/t12-/m1/s1. The summed E-state index contributed by atoms with van der Waals surface area (Å²) >= 11 is 21.2. The summed E-state index contributed by atoms with van der Waals surface area (Å²) < 4.78 is 4.24. The van der Waals surface area contributed by atoms with Gasteiger partial charge in [-0.15, -0.1) is 11.3 Å². The highest BCUT2D eigenvalue weighted by atomic mass is 35.5. The van der Waals surface area contributed by atoms with Crippen molar-refractivity contribution in [2.24, 2.45) is 7.05 Å². The summed E-state index contributed by atoms with van der Waals surface area (Å²) in [5, 5.41) is 1.89. The van der Waals surface area contributed by atoms with Gasteiger partial charge in [0.1, 0.15) is 11.8 Å². The Labute approximate surface area is 167 Å². The number of thiazole rings is 1. The van der Waals surface area contributed by atoms with Crippen molar-refractivity contribution in [3.05, 3.63) is 60.3 Å². The van der Waals surface area contributed by atoms with Gasteiger partial charge < -0.3 is 0 Å². The molecule has 0 radical (unpaired) electrons. The number of hydrogen-bond acceptors (Lipinski definition) is 4. The lowest BCUT2D eigenvalue weighted by atomic mass is 10.1. The van der Waals surface area contributed by atoms with E-state index >= 15 is 0 Å². The predicted octanol–water partition coefficient (Wildman–Crippen LogP) is 4.45. The van der Waals surface area contributed by atoms with Crippen LogP contribution in [0.2, 0.25) is 14.5 Å². The van der Waals surface area contributed by atoms with E-state index in [0.29, 0.717) is 25.6 Å². The predicted molar refractivity (Wildman–Crippen MR) is 103 cm³/mol. The highest BCUT2D eigenvalue weighted by Gasteiger charge is 2.37. The van der Waals surface area contributed by atoms with Gasteiger partial charge in [0.2, 0.25) is 0 Å². The van der Waals surface area contributed by atoms with E-state index in [2.05, 4.69) is 4.98 Å². The molecule has 0 N–H and O–H groups in total. The summed E-state index contributed by atoms with van der Waals surface area (Å²) in [6.45, 7) is 0. The second kappa shape index (κ2) is 6.59. The van der Waals surface area contributed by atoms with Crippen LogP contribution in [0.4, 0.5) is 0 Å². The van der Waals surface area contributed by atoms with E-state index in [9.17, 15) is 4.79 Å². The van der Waals surface area contributed by atoms with Gasteiger partial charge in [-0.3, -0.25) is 0 Å². The number of halogens is 3. The molecule has 0 saturated carbocycles. The van der Waals surface area contributed by atoms with Crippen LogP contribution >= 0.6 is 57.9 Å². The zero-order valence-electron chi connectivity index (χ0n) is 12.9. The third kappa shape index (κ3) is 3.11. The highest BCUT2D eigenvalue weighted by Crippen LogP contribution is 2.37. The van der Waals surface area contributed by atoms with Gasteiger partial charge in [0, 0.05) is 16.2 Å². The molecule has 25 heavy (non-hydrogen) atoms. The SMILES string of the molecule is C[n+]1cc(-c2cc(Cl)cc(Cl)c2)c(=O)n2c1SC[C@@H]2c1cnc(Cl)s1. The Bertz CT molecular complexity index is 1030. The summed E-state index contributed by atoms with van der Waals surface area (Å²) in [7, 11) is 1.93. The van der Waals surface area contributed by atoms with Gasteiger partial charge in [-0.2, -0.15) is 4.57 Å². The lowest BCUT2D eigenvalue weighted by molar-refractivity contribution is -0.714. The smallest absolute Gasteiger partial charge is 0.241 e. The van der Waals surface area contributed by atoms with E-state index in [1.807, 2.05) is 17.8 Å². The number of nitrogens with zero attached hydrogens (tertiary/aromatic N) is 3. The average molecular weight is 432 g/mol. The molecule has 3 heterocycles. The number of rotatable bonds is 2. The number of aryl methyl sites for hydroxylation is 1. The molecule has 4 rings (SSSR count). The maximum Gasteiger partial charge on any atom is 0.346 e. The van der Waals surface area contributed by atoms with Crippen molar-refractivity contribution >= 4 is 57.9 Å². The molecule has 4 nitrogen and oxygen atoms in total. The number of hydrogen-bond donors (Lipinski definition) is 0. The van der Waals surface area contributed by atoms with Crippen molar-refractivity contribution in [1.82, 2.24) is 9.55 Å². The second-order valence-electron chi connectivity index (χ2n) is 5.61. The Kier molecular flexibility index (Phi) is 4.58. The number of aromatic nitrogens is 3. The molecule has 0 aliphatic carbocycles. The fourth-order valence-electron chi connectivity index (χ4n) is 2.90. The topological polar surface area (TPSA) is 38.8 Å². The summed E-state index contributed by atoms with van der Waals surface area (Å²) in [4.78, 5) is 18.3. The first kappa shape index (κ1) is 17.4. The van der Waals surface area contributed by atoms with Gasteiger partial charge in [-0.05, 0) is 35.5 Å². The van der Waals surface area contributed by atoms with Crippen LogP contribution in [-0.4, -0.2) is 15.3 Å². The van der Waals surface area contributed by atoms with Gasteiger partial charge >= 0.3 is 10.7 Å². The van der Waals surface area contributed by atoms with E-state index in [0.717, 1.165) is 15.8 Å². The molecule has 1 aliphatic rings. The molecule has 0 unspecified atom stereocenters. The largest absolute Gasteiger partial charge is 0.346 e. The van der Waals surface area contributed by atoms with Gasteiger partial charge in [-0.1, -0.05) is 34.8 Å². The molecule has 9 heteroatoms. The van der Waals surface area contributed by atoms with Crippen LogP contribution in [0.3, 0.4) is 0 Å². The molecule has 1 aliphatic heterocycles. The lowest BCUT2D eigenvalue weighted by Gasteiger charge is -2.09. The van der Waals surface area contributed by atoms with Gasteiger partial charge in [-0.25, -0.2) is 14.3 Å². The molecular formula is C16H11Cl3N3OS2+. The van der Waals surface area contributed by atoms with Gasteiger partial charge in [0.25, 0.3) is 0 Å². The van der Waals surface area contributed by atoms with Crippen LogP contribution in [-0.2, 0) is 7.05 Å². The molecule has 0 amide bonds. The molecule has 128 valence electrons. The third-order valence-electron chi connectivity index (χ3n) is 3.96. The Morgan fingerprint density at radius 1 is 1.24 bits per heavy atom. The van der Waals surface area contributed by atoms with Crippen LogP contribution in [0.25, 0.3) is 11.1 Å².